The third-order valence-electron chi connectivity index (χ3n) is 4.36. The lowest BCUT2D eigenvalue weighted by atomic mass is 10.1. The van der Waals surface area contributed by atoms with Crippen molar-refractivity contribution in [1.29, 1.82) is 0 Å². The Morgan fingerprint density at radius 3 is 2.89 bits per heavy atom. The molecule has 1 saturated heterocycles. The molecule has 2 atom stereocenters. The Bertz CT molecular complexity index is 396. The maximum atomic E-state index is 4.27. The molecular weight excluding hydrogens is 224 g/mol. The minimum Gasteiger partial charge on any atom is -0.312 e. The van der Waals surface area contributed by atoms with Crippen LogP contribution in [-0.2, 0) is 13.6 Å². The second-order valence-corrected chi connectivity index (χ2v) is 5.99. The number of hydrogen-bond donors (Lipinski definition) is 1. The Hall–Kier alpha value is -0.870. The molecule has 3 rings (SSSR count). The quantitative estimate of drug-likeness (QED) is 0.877. The van der Waals surface area contributed by atoms with Crippen LogP contribution in [0.2, 0.25) is 0 Å². The molecule has 2 heterocycles. The lowest BCUT2D eigenvalue weighted by molar-refractivity contribution is 0.190. The van der Waals surface area contributed by atoms with E-state index in [1.165, 1.54) is 37.9 Å². The summed E-state index contributed by atoms with van der Waals surface area (Å²) >= 11 is 0. The Kier molecular flexibility index (Phi) is 3.39. The maximum absolute atomic E-state index is 4.27. The van der Waals surface area contributed by atoms with Crippen molar-refractivity contribution in [1.82, 2.24) is 20.0 Å². The molecule has 4 heteroatoms. The summed E-state index contributed by atoms with van der Waals surface area (Å²) in [6.07, 6.45) is 8.23. The smallest absolute Gasteiger partial charge is 0.0534 e. The lowest BCUT2D eigenvalue weighted by Crippen LogP contribution is -2.40. The van der Waals surface area contributed by atoms with Crippen molar-refractivity contribution in [2.45, 2.75) is 44.8 Å². The van der Waals surface area contributed by atoms with Crippen LogP contribution in [0.25, 0.3) is 0 Å². The van der Waals surface area contributed by atoms with E-state index in [0.717, 1.165) is 12.5 Å². The number of rotatable bonds is 3. The first-order chi connectivity index (χ1) is 8.72. The first-order valence-corrected chi connectivity index (χ1v) is 7.17. The van der Waals surface area contributed by atoms with Crippen LogP contribution in [0.3, 0.4) is 0 Å². The molecule has 1 N–H and O–H groups in total. The minimum absolute atomic E-state index is 0.668. The fourth-order valence-electron chi connectivity index (χ4n) is 2.98. The highest BCUT2D eigenvalue weighted by Crippen LogP contribution is 2.34. The molecular formula is C14H24N4. The number of aryl methyl sites for hydroxylation is 1. The van der Waals surface area contributed by atoms with Crippen molar-refractivity contribution in [3.05, 3.63) is 18.0 Å². The molecule has 0 radical (unpaired) electrons. The summed E-state index contributed by atoms with van der Waals surface area (Å²) in [5, 5.41) is 8.00. The number of nitrogens with zero attached hydrogens (tertiary/aromatic N) is 3. The molecule has 1 saturated carbocycles. The van der Waals surface area contributed by atoms with Gasteiger partial charge in [0.05, 0.1) is 6.20 Å². The summed E-state index contributed by atoms with van der Waals surface area (Å²) in [5.74, 6) is 0.937. The van der Waals surface area contributed by atoms with Gasteiger partial charge in [0.2, 0.25) is 0 Å². The Morgan fingerprint density at radius 2 is 2.22 bits per heavy atom. The molecule has 18 heavy (non-hydrogen) atoms. The van der Waals surface area contributed by atoms with Crippen LogP contribution in [0.1, 0.15) is 31.7 Å². The summed E-state index contributed by atoms with van der Waals surface area (Å²) < 4.78 is 1.90. The molecule has 0 bridgehead atoms. The average Bonchev–Trinajstić information content (AvgIpc) is 3.11. The molecule has 2 unspecified atom stereocenters. The van der Waals surface area contributed by atoms with Crippen LogP contribution in [0.4, 0.5) is 0 Å². The van der Waals surface area contributed by atoms with Gasteiger partial charge in [-0.15, -0.1) is 0 Å². The summed E-state index contributed by atoms with van der Waals surface area (Å²) in [6, 6.07) is 1.38. The second-order valence-electron chi connectivity index (χ2n) is 5.99. The first-order valence-electron chi connectivity index (χ1n) is 7.17. The standard InChI is InChI=1S/C14H24N4/c1-11-5-6-15-14(13-3-4-13)10-18(11)9-12-7-16-17(2)8-12/h7-8,11,13-15H,3-6,9-10H2,1-2H3. The van der Waals surface area contributed by atoms with E-state index in [1.54, 1.807) is 0 Å². The van der Waals surface area contributed by atoms with E-state index in [4.69, 9.17) is 0 Å². The second kappa shape index (κ2) is 5.02. The Balaban J connectivity index is 1.66. The van der Waals surface area contributed by atoms with Crippen LogP contribution < -0.4 is 5.32 Å². The zero-order valence-corrected chi connectivity index (χ0v) is 11.5. The van der Waals surface area contributed by atoms with Crippen LogP contribution in [0.5, 0.6) is 0 Å². The van der Waals surface area contributed by atoms with Gasteiger partial charge in [-0.1, -0.05) is 0 Å². The van der Waals surface area contributed by atoms with Gasteiger partial charge in [-0.25, -0.2) is 0 Å². The number of nitrogens with one attached hydrogen (secondary N) is 1. The van der Waals surface area contributed by atoms with Gasteiger partial charge in [0.15, 0.2) is 0 Å². The molecule has 100 valence electrons. The molecule has 0 aromatic carbocycles. The maximum Gasteiger partial charge on any atom is 0.0534 e. The normalized spacial score (nSPS) is 30.3. The minimum atomic E-state index is 0.668. The Labute approximate surface area is 109 Å². The van der Waals surface area contributed by atoms with Gasteiger partial charge in [-0.05, 0) is 38.6 Å². The van der Waals surface area contributed by atoms with Crippen molar-refractivity contribution >= 4 is 0 Å². The summed E-state index contributed by atoms with van der Waals surface area (Å²) in [4.78, 5) is 2.62. The fraction of sp³-hybridized carbons (Fsp3) is 0.786. The van der Waals surface area contributed by atoms with Crippen LogP contribution in [0.15, 0.2) is 12.4 Å². The highest BCUT2D eigenvalue weighted by Gasteiger charge is 2.34. The van der Waals surface area contributed by atoms with Crippen molar-refractivity contribution in [3.8, 4) is 0 Å². The van der Waals surface area contributed by atoms with Gasteiger partial charge in [0, 0.05) is 44.0 Å². The molecule has 1 aliphatic carbocycles. The van der Waals surface area contributed by atoms with E-state index in [1.807, 2.05) is 17.9 Å². The van der Waals surface area contributed by atoms with Gasteiger partial charge < -0.3 is 5.32 Å². The van der Waals surface area contributed by atoms with E-state index in [-0.39, 0.29) is 0 Å². The third-order valence-corrected chi connectivity index (χ3v) is 4.36. The molecule has 0 amide bonds. The van der Waals surface area contributed by atoms with E-state index in [2.05, 4.69) is 28.4 Å². The molecule has 1 aromatic heterocycles. The van der Waals surface area contributed by atoms with Crippen molar-refractivity contribution in [2.24, 2.45) is 13.0 Å². The van der Waals surface area contributed by atoms with E-state index in [9.17, 15) is 0 Å². The average molecular weight is 248 g/mol. The largest absolute Gasteiger partial charge is 0.312 e. The third kappa shape index (κ3) is 2.75. The SMILES string of the molecule is CC1CCNC(C2CC2)CN1Cc1cnn(C)c1. The zero-order chi connectivity index (χ0) is 12.5. The molecule has 1 aromatic rings. The predicted molar refractivity (Wildman–Crippen MR) is 72.2 cm³/mol. The molecule has 0 spiro atoms. The van der Waals surface area contributed by atoms with E-state index < -0.39 is 0 Å². The summed E-state index contributed by atoms with van der Waals surface area (Å²) in [7, 11) is 1.99. The highest BCUT2D eigenvalue weighted by molar-refractivity contribution is 5.04. The number of hydrogen-bond acceptors (Lipinski definition) is 3. The monoisotopic (exact) mass is 248 g/mol. The van der Waals surface area contributed by atoms with Crippen LogP contribution >= 0.6 is 0 Å². The molecule has 2 aliphatic rings. The van der Waals surface area contributed by atoms with Gasteiger partial charge >= 0.3 is 0 Å². The zero-order valence-electron chi connectivity index (χ0n) is 11.5. The summed E-state index contributed by atoms with van der Waals surface area (Å²) in [5.41, 5.74) is 1.33. The van der Waals surface area contributed by atoms with E-state index >= 15 is 0 Å². The molecule has 4 nitrogen and oxygen atoms in total. The molecule has 1 aliphatic heterocycles. The van der Waals surface area contributed by atoms with Crippen LogP contribution in [0, 0.1) is 5.92 Å². The van der Waals surface area contributed by atoms with Crippen molar-refractivity contribution in [2.75, 3.05) is 13.1 Å². The first kappa shape index (κ1) is 12.2. The highest BCUT2D eigenvalue weighted by atomic mass is 15.3. The molecule has 2 fully saturated rings. The van der Waals surface area contributed by atoms with E-state index in [0.29, 0.717) is 12.1 Å². The van der Waals surface area contributed by atoms with Crippen molar-refractivity contribution < 1.29 is 0 Å². The summed E-state index contributed by atoms with van der Waals surface area (Å²) in [6.45, 7) is 5.76. The Morgan fingerprint density at radius 1 is 1.39 bits per heavy atom. The van der Waals surface area contributed by atoms with Crippen molar-refractivity contribution in [3.63, 3.8) is 0 Å². The number of aromatic nitrogens is 2. The van der Waals surface area contributed by atoms with Gasteiger partial charge in [0.25, 0.3) is 0 Å². The topological polar surface area (TPSA) is 33.1 Å². The fourth-order valence-corrected chi connectivity index (χ4v) is 2.98. The van der Waals surface area contributed by atoms with Crippen LogP contribution in [-0.4, -0.2) is 39.9 Å². The van der Waals surface area contributed by atoms with Gasteiger partial charge in [0.1, 0.15) is 0 Å². The lowest BCUT2D eigenvalue weighted by Gasteiger charge is -2.28. The van der Waals surface area contributed by atoms with Gasteiger partial charge in [-0.2, -0.15) is 5.10 Å². The predicted octanol–water partition coefficient (Wildman–Crippen LogP) is 1.38. The van der Waals surface area contributed by atoms with Gasteiger partial charge in [-0.3, -0.25) is 9.58 Å².